The van der Waals surface area contributed by atoms with Crippen molar-refractivity contribution in [1.29, 1.82) is 0 Å². The molecule has 0 aliphatic heterocycles. The quantitative estimate of drug-likeness (QED) is 0.483. The number of fused-ring (bicyclic) bond motifs is 1. The lowest BCUT2D eigenvalue weighted by Crippen LogP contribution is -2.24. The molecule has 0 saturated carbocycles. The average Bonchev–Trinajstić information content (AvgIpc) is 2.79. The van der Waals surface area contributed by atoms with Crippen LogP contribution in [0.1, 0.15) is 37.5 Å². The molecular formula is C25H22N4O3. The lowest BCUT2D eigenvalue weighted by molar-refractivity contribution is 0.0949. The molecule has 0 radical (unpaired) electrons. The van der Waals surface area contributed by atoms with Gasteiger partial charge in [-0.3, -0.25) is 19.6 Å². The largest absolute Gasteiger partial charge is 0.456 e. The van der Waals surface area contributed by atoms with Crippen molar-refractivity contribution in [3.63, 3.8) is 0 Å². The Morgan fingerprint density at radius 3 is 2.59 bits per heavy atom. The zero-order valence-corrected chi connectivity index (χ0v) is 17.8. The summed E-state index contributed by atoms with van der Waals surface area (Å²) in [5.74, 6) is 0.398. The Bertz CT molecular complexity index is 1330. The van der Waals surface area contributed by atoms with Crippen LogP contribution >= 0.6 is 0 Å². The fraction of sp³-hybridized carbons (Fsp3) is 0.120. The van der Waals surface area contributed by atoms with Crippen molar-refractivity contribution in [3.8, 4) is 11.5 Å². The van der Waals surface area contributed by atoms with Gasteiger partial charge in [0.05, 0.1) is 5.52 Å². The summed E-state index contributed by atoms with van der Waals surface area (Å²) in [6, 6.07) is 16.4. The highest BCUT2D eigenvalue weighted by molar-refractivity contribution is 5.96. The molecule has 0 aliphatic carbocycles. The van der Waals surface area contributed by atoms with E-state index in [0.717, 1.165) is 27.6 Å². The van der Waals surface area contributed by atoms with Crippen LogP contribution in [-0.2, 0) is 6.54 Å². The van der Waals surface area contributed by atoms with Gasteiger partial charge in [-0.2, -0.15) is 0 Å². The second kappa shape index (κ2) is 8.85. The number of hydrogen-bond acceptors (Lipinski definition) is 5. The molecular weight excluding hydrogens is 404 g/mol. The van der Waals surface area contributed by atoms with E-state index in [1.165, 1.54) is 6.20 Å². The summed E-state index contributed by atoms with van der Waals surface area (Å²) in [7, 11) is 0. The van der Waals surface area contributed by atoms with Gasteiger partial charge in [0, 0.05) is 35.5 Å². The molecule has 0 bridgehead atoms. The van der Waals surface area contributed by atoms with Gasteiger partial charge in [-0.1, -0.05) is 12.1 Å². The molecule has 0 unspecified atom stereocenters. The number of hydrogen-bond donors (Lipinski definition) is 2. The zero-order valence-electron chi connectivity index (χ0n) is 17.8. The van der Waals surface area contributed by atoms with E-state index in [2.05, 4.69) is 15.3 Å². The summed E-state index contributed by atoms with van der Waals surface area (Å²) in [5.41, 5.74) is 9.33. The number of ether oxygens (including phenoxy) is 1. The first kappa shape index (κ1) is 21.0. The van der Waals surface area contributed by atoms with Crippen molar-refractivity contribution >= 4 is 22.7 Å². The average molecular weight is 426 g/mol. The highest BCUT2D eigenvalue weighted by atomic mass is 16.5. The molecule has 160 valence electrons. The first-order valence-corrected chi connectivity index (χ1v) is 10.1. The number of nitrogens with two attached hydrogens (primary N) is 1. The Kier molecular flexibility index (Phi) is 5.81. The molecule has 0 fully saturated rings. The fourth-order valence-corrected chi connectivity index (χ4v) is 3.41. The van der Waals surface area contributed by atoms with Gasteiger partial charge in [0.25, 0.3) is 11.8 Å². The van der Waals surface area contributed by atoms with E-state index in [4.69, 9.17) is 10.5 Å². The highest BCUT2D eigenvalue weighted by Crippen LogP contribution is 2.32. The fourth-order valence-electron chi connectivity index (χ4n) is 3.41. The van der Waals surface area contributed by atoms with Crippen LogP contribution in [0.15, 0.2) is 67.0 Å². The van der Waals surface area contributed by atoms with Gasteiger partial charge in [-0.05, 0) is 67.4 Å². The van der Waals surface area contributed by atoms with Crippen LogP contribution in [-0.4, -0.2) is 21.8 Å². The lowest BCUT2D eigenvalue weighted by Gasteiger charge is -2.14. The molecule has 0 aliphatic rings. The van der Waals surface area contributed by atoms with Crippen molar-refractivity contribution in [1.82, 2.24) is 15.3 Å². The number of aromatic nitrogens is 2. The van der Waals surface area contributed by atoms with Crippen LogP contribution < -0.4 is 15.8 Å². The smallest absolute Gasteiger partial charge is 0.267 e. The van der Waals surface area contributed by atoms with Gasteiger partial charge < -0.3 is 15.8 Å². The maximum Gasteiger partial charge on any atom is 0.267 e. The number of benzene rings is 2. The van der Waals surface area contributed by atoms with Gasteiger partial charge in [-0.25, -0.2) is 0 Å². The minimum absolute atomic E-state index is 0.156. The molecule has 7 heteroatoms. The van der Waals surface area contributed by atoms with Crippen LogP contribution in [0.3, 0.4) is 0 Å². The second-order valence-electron chi connectivity index (χ2n) is 7.46. The standard InChI is InChI=1S/C25H22N4O3/c1-15-6-7-19-20(12-15)27-11-9-23(19)32-22-5-3-4-18(16(22)2)25(31)29-14-17-8-10-28-21(13-17)24(26)30/h3-13H,14H2,1-2H3,(H2,26,30)(H,29,31). The van der Waals surface area contributed by atoms with Crippen molar-refractivity contribution in [2.24, 2.45) is 5.73 Å². The Hall–Kier alpha value is -4.26. The van der Waals surface area contributed by atoms with Crippen LogP contribution in [0.2, 0.25) is 0 Å². The Morgan fingerprint density at radius 1 is 0.969 bits per heavy atom. The molecule has 2 heterocycles. The number of carbonyl (C=O) groups is 2. The second-order valence-corrected chi connectivity index (χ2v) is 7.46. The van der Waals surface area contributed by atoms with E-state index in [0.29, 0.717) is 17.1 Å². The van der Waals surface area contributed by atoms with E-state index in [-0.39, 0.29) is 18.1 Å². The Balaban J connectivity index is 1.54. The molecule has 4 rings (SSSR count). The van der Waals surface area contributed by atoms with Crippen LogP contribution in [0.5, 0.6) is 11.5 Å². The highest BCUT2D eigenvalue weighted by Gasteiger charge is 2.14. The summed E-state index contributed by atoms with van der Waals surface area (Å²) >= 11 is 0. The Labute approximate surface area is 185 Å². The number of nitrogens with zero attached hydrogens (tertiary/aromatic N) is 2. The molecule has 32 heavy (non-hydrogen) atoms. The van der Waals surface area contributed by atoms with Crippen molar-refractivity contribution < 1.29 is 14.3 Å². The van der Waals surface area contributed by atoms with Gasteiger partial charge in [0.1, 0.15) is 17.2 Å². The number of amides is 2. The minimum atomic E-state index is -0.613. The van der Waals surface area contributed by atoms with E-state index in [1.54, 1.807) is 30.5 Å². The van der Waals surface area contributed by atoms with Gasteiger partial charge in [-0.15, -0.1) is 0 Å². The summed E-state index contributed by atoms with van der Waals surface area (Å²) in [6.45, 7) is 4.09. The molecule has 3 N–H and O–H groups in total. The number of nitrogens with one attached hydrogen (secondary N) is 1. The number of carbonyl (C=O) groups excluding carboxylic acids is 2. The van der Waals surface area contributed by atoms with Crippen LogP contribution in [0.4, 0.5) is 0 Å². The number of pyridine rings is 2. The van der Waals surface area contributed by atoms with Gasteiger partial charge in [0.15, 0.2) is 0 Å². The number of rotatable bonds is 6. The maximum absolute atomic E-state index is 12.8. The first-order chi connectivity index (χ1) is 15.4. The van der Waals surface area contributed by atoms with Crippen LogP contribution in [0.25, 0.3) is 10.9 Å². The van der Waals surface area contributed by atoms with Gasteiger partial charge in [0.2, 0.25) is 0 Å². The van der Waals surface area contributed by atoms with Crippen molar-refractivity contribution in [3.05, 3.63) is 94.9 Å². The molecule has 0 atom stereocenters. The van der Waals surface area contributed by atoms with E-state index in [1.807, 2.05) is 44.2 Å². The molecule has 0 spiro atoms. The third-order valence-corrected chi connectivity index (χ3v) is 5.14. The predicted octanol–water partition coefficient (Wildman–Crippen LogP) is 4.07. The molecule has 7 nitrogen and oxygen atoms in total. The summed E-state index contributed by atoms with van der Waals surface area (Å²) < 4.78 is 6.18. The van der Waals surface area contributed by atoms with Gasteiger partial charge >= 0.3 is 0 Å². The van der Waals surface area contributed by atoms with E-state index < -0.39 is 5.91 Å². The Morgan fingerprint density at radius 2 is 1.78 bits per heavy atom. The maximum atomic E-state index is 12.8. The first-order valence-electron chi connectivity index (χ1n) is 10.1. The molecule has 4 aromatic rings. The molecule has 2 aromatic carbocycles. The van der Waals surface area contributed by atoms with E-state index >= 15 is 0 Å². The number of primary amides is 1. The number of aryl methyl sites for hydroxylation is 1. The molecule has 2 amide bonds. The molecule has 0 saturated heterocycles. The summed E-state index contributed by atoms with van der Waals surface area (Å²) in [6.07, 6.45) is 3.19. The monoisotopic (exact) mass is 426 g/mol. The van der Waals surface area contributed by atoms with E-state index in [9.17, 15) is 9.59 Å². The van der Waals surface area contributed by atoms with Crippen molar-refractivity contribution in [2.45, 2.75) is 20.4 Å². The molecule has 2 aromatic heterocycles. The SMILES string of the molecule is Cc1ccc2c(Oc3cccc(C(=O)NCc4ccnc(C(N)=O)c4)c3C)ccnc2c1. The third kappa shape index (κ3) is 4.41. The minimum Gasteiger partial charge on any atom is -0.456 e. The lowest BCUT2D eigenvalue weighted by atomic mass is 10.1. The summed E-state index contributed by atoms with van der Waals surface area (Å²) in [4.78, 5) is 32.4. The van der Waals surface area contributed by atoms with Crippen LogP contribution in [0, 0.1) is 13.8 Å². The van der Waals surface area contributed by atoms with Crippen molar-refractivity contribution in [2.75, 3.05) is 0 Å². The summed E-state index contributed by atoms with van der Waals surface area (Å²) in [5, 5.41) is 3.76. The normalized spacial score (nSPS) is 10.7. The topological polar surface area (TPSA) is 107 Å². The zero-order chi connectivity index (χ0) is 22.7. The third-order valence-electron chi connectivity index (χ3n) is 5.14. The predicted molar refractivity (Wildman–Crippen MR) is 122 cm³/mol.